The minimum atomic E-state index is -0.178. The van der Waals surface area contributed by atoms with Gasteiger partial charge in [0.05, 0.1) is 23.7 Å². The van der Waals surface area contributed by atoms with Gasteiger partial charge in [-0.2, -0.15) is 0 Å². The molecule has 2 unspecified atom stereocenters. The maximum absolute atomic E-state index is 12.1. The lowest BCUT2D eigenvalue weighted by atomic mass is 9.90. The smallest absolute Gasteiger partial charge is 0.254 e. The number of rotatable bonds is 4. The van der Waals surface area contributed by atoms with Gasteiger partial charge < -0.3 is 19.5 Å². The predicted octanol–water partition coefficient (Wildman–Crippen LogP) is 2.34. The highest BCUT2D eigenvalue weighted by Gasteiger charge is 2.28. The van der Waals surface area contributed by atoms with Crippen LogP contribution in [0.1, 0.15) is 46.4 Å². The molecule has 3 rings (SSSR count). The Labute approximate surface area is 127 Å². The Bertz CT molecular complexity index is 562. The van der Waals surface area contributed by atoms with Gasteiger partial charge >= 0.3 is 0 Å². The van der Waals surface area contributed by atoms with Crippen LogP contribution in [0.15, 0.2) is 46.0 Å². The van der Waals surface area contributed by atoms with E-state index >= 15 is 0 Å². The van der Waals surface area contributed by atoms with Crippen molar-refractivity contribution in [2.45, 2.75) is 37.8 Å². The van der Waals surface area contributed by atoms with E-state index in [4.69, 9.17) is 8.83 Å². The number of nitrogens with one attached hydrogen (secondary N) is 2. The molecular formula is C16H18N2O4. The van der Waals surface area contributed by atoms with Crippen LogP contribution in [0.5, 0.6) is 0 Å². The van der Waals surface area contributed by atoms with Crippen LogP contribution in [0.4, 0.5) is 0 Å². The zero-order chi connectivity index (χ0) is 15.4. The molecule has 0 spiro atoms. The van der Waals surface area contributed by atoms with E-state index in [-0.39, 0.29) is 23.9 Å². The Morgan fingerprint density at radius 1 is 0.864 bits per heavy atom. The second-order valence-corrected chi connectivity index (χ2v) is 5.47. The minimum absolute atomic E-state index is 0.0769. The Balaban J connectivity index is 1.63. The summed E-state index contributed by atoms with van der Waals surface area (Å²) < 4.78 is 9.85. The monoisotopic (exact) mass is 302 g/mol. The maximum atomic E-state index is 12.1. The van der Waals surface area contributed by atoms with Crippen LogP contribution in [0.2, 0.25) is 0 Å². The maximum Gasteiger partial charge on any atom is 0.254 e. The molecule has 6 heteroatoms. The van der Waals surface area contributed by atoms with E-state index in [9.17, 15) is 9.59 Å². The lowest BCUT2D eigenvalue weighted by Crippen LogP contribution is -2.53. The van der Waals surface area contributed by atoms with Crippen molar-refractivity contribution in [2.75, 3.05) is 0 Å². The summed E-state index contributed by atoms with van der Waals surface area (Å²) in [6.45, 7) is 0. The fourth-order valence-electron chi connectivity index (χ4n) is 2.77. The molecule has 116 valence electrons. The van der Waals surface area contributed by atoms with E-state index < -0.39 is 0 Å². The van der Waals surface area contributed by atoms with Gasteiger partial charge in [0, 0.05) is 12.1 Å². The van der Waals surface area contributed by atoms with E-state index in [0.717, 1.165) is 25.7 Å². The second-order valence-electron chi connectivity index (χ2n) is 5.47. The van der Waals surface area contributed by atoms with Gasteiger partial charge in [0.2, 0.25) is 0 Å². The molecule has 6 nitrogen and oxygen atoms in total. The lowest BCUT2D eigenvalue weighted by Gasteiger charge is -2.32. The third-order valence-corrected chi connectivity index (χ3v) is 3.97. The van der Waals surface area contributed by atoms with Crippen molar-refractivity contribution in [3.05, 3.63) is 48.3 Å². The van der Waals surface area contributed by atoms with Crippen LogP contribution >= 0.6 is 0 Å². The Morgan fingerprint density at radius 2 is 1.32 bits per heavy atom. The molecule has 2 amide bonds. The SMILES string of the molecule is O=C(NC1CCCCC1NC(=O)c1ccoc1)c1ccoc1. The number of furan rings is 2. The molecule has 1 aliphatic rings. The van der Waals surface area contributed by atoms with E-state index in [1.54, 1.807) is 12.1 Å². The summed E-state index contributed by atoms with van der Waals surface area (Å²) in [7, 11) is 0. The first kappa shape index (κ1) is 14.4. The molecule has 22 heavy (non-hydrogen) atoms. The largest absolute Gasteiger partial charge is 0.472 e. The van der Waals surface area contributed by atoms with Gasteiger partial charge in [-0.1, -0.05) is 12.8 Å². The predicted molar refractivity (Wildman–Crippen MR) is 78.4 cm³/mol. The standard InChI is InChI=1S/C16H18N2O4/c19-15(11-5-7-21-9-11)17-13-3-1-2-4-14(13)18-16(20)12-6-8-22-10-12/h5-10,13-14H,1-4H2,(H,17,19)(H,18,20). The summed E-state index contributed by atoms with van der Waals surface area (Å²) >= 11 is 0. The van der Waals surface area contributed by atoms with Crippen molar-refractivity contribution in [1.29, 1.82) is 0 Å². The molecular weight excluding hydrogens is 284 g/mol. The second kappa shape index (κ2) is 6.51. The van der Waals surface area contributed by atoms with Crippen molar-refractivity contribution in [2.24, 2.45) is 0 Å². The molecule has 1 fully saturated rings. The number of carbonyl (C=O) groups is 2. The zero-order valence-electron chi connectivity index (χ0n) is 12.1. The fourth-order valence-corrected chi connectivity index (χ4v) is 2.77. The summed E-state index contributed by atoms with van der Waals surface area (Å²) in [4.78, 5) is 24.3. The summed E-state index contributed by atoms with van der Waals surface area (Å²) in [5, 5.41) is 5.97. The van der Waals surface area contributed by atoms with Crippen molar-refractivity contribution < 1.29 is 18.4 Å². The third kappa shape index (κ3) is 3.21. The minimum Gasteiger partial charge on any atom is -0.472 e. The number of amides is 2. The Kier molecular flexibility index (Phi) is 4.27. The molecule has 1 saturated carbocycles. The van der Waals surface area contributed by atoms with Crippen LogP contribution < -0.4 is 10.6 Å². The van der Waals surface area contributed by atoms with Crippen LogP contribution in [0, 0.1) is 0 Å². The normalized spacial score (nSPS) is 21.3. The molecule has 0 saturated heterocycles. The average molecular weight is 302 g/mol. The number of hydrogen-bond donors (Lipinski definition) is 2. The van der Waals surface area contributed by atoms with Crippen LogP contribution in [0.3, 0.4) is 0 Å². The highest BCUT2D eigenvalue weighted by molar-refractivity contribution is 5.95. The van der Waals surface area contributed by atoms with Crippen LogP contribution in [-0.2, 0) is 0 Å². The van der Waals surface area contributed by atoms with Gasteiger partial charge in [0.25, 0.3) is 11.8 Å². The van der Waals surface area contributed by atoms with Crippen LogP contribution in [0.25, 0.3) is 0 Å². The first-order valence-corrected chi connectivity index (χ1v) is 7.40. The van der Waals surface area contributed by atoms with Gasteiger partial charge in [0.1, 0.15) is 12.5 Å². The van der Waals surface area contributed by atoms with E-state index in [2.05, 4.69) is 10.6 Å². The van der Waals surface area contributed by atoms with Crippen molar-refractivity contribution in [1.82, 2.24) is 10.6 Å². The summed E-state index contributed by atoms with van der Waals surface area (Å²) in [6.07, 6.45) is 9.53. The topological polar surface area (TPSA) is 84.5 Å². The van der Waals surface area contributed by atoms with E-state index in [1.807, 2.05) is 0 Å². The van der Waals surface area contributed by atoms with E-state index in [0.29, 0.717) is 11.1 Å². The molecule has 2 heterocycles. The molecule has 2 aromatic heterocycles. The molecule has 1 aliphatic carbocycles. The highest BCUT2D eigenvalue weighted by atomic mass is 16.3. The molecule has 0 aromatic carbocycles. The average Bonchev–Trinajstić information content (AvgIpc) is 3.23. The zero-order valence-corrected chi connectivity index (χ0v) is 12.1. The molecule has 2 atom stereocenters. The first-order valence-electron chi connectivity index (χ1n) is 7.40. The lowest BCUT2D eigenvalue weighted by molar-refractivity contribution is 0.0862. The molecule has 2 N–H and O–H groups in total. The fraction of sp³-hybridized carbons (Fsp3) is 0.375. The van der Waals surface area contributed by atoms with Gasteiger partial charge in [-0.25, -0.2) is 0 Å². The third-order valence-electron chi connectivity index (χ3n) is 3.97. The summed E-state index contributed by atoms with van der Waals surface area (Å²) in [5.74, 6) is -0.355. The Hall–Kier alpha value is -2.50. The van der Waals surface area contributed by atoms with Crippen molar-refractivity contribution in [3.8, 4) is 0 Å². The molecule has 0 bridgehead atoms. The van der Waals surface area contributed by atoms with Crippen LogP contribution in [-0.4, -0.2) is 23.9 Å². The van der Waals surface area contributed by atoms with E-state index in [1.165, 1.54) is 25.1 Å². The number of hydrogen-bond acceptors (Lipinski definition) is 4. The Morgan fingerprint density at radius 3 is 1.68 bits per heavy atom. The van der Waals surface area contributed by atoms with Gasteiger partial charge in [-0.3, -0.25) is 9.59 Å². The van der Waals surface area contributed by atoms with Gasteiger partial charge in [0.15, 0.2) is 0 Å². The summed E-state index contributed by atoms with van der Waals surface area (Å²) in [5.41, 5.74) is 0.982. The van der Waals surface area contributed by atoms with Gasteiger partial charge in [-0.05, 0) is 25.0 Å². The first-order chi connectivity index (χ1) is 10.7. The highest BCUT2D eigenvalue weighted by Crippen LogP contribution is 2.20. The molecule has 0 radical (unpaired) electrons. The van der Waals surface area contributed by atoms with Crippen molar-refractivity contribution in [3.63, 3.8) is 0 Å². The molecule has 0 aliphatic heterocycles. The quantitative estimate of drug-likeness (QED) is 0.908. The summed E-state index contributed by atoms with van der Waals surface area (Å²) in [6, 6.07) is 3.09. The van der Waals surface area contributed by atoms with Crippen molar-refractivity contribution >= 4 is 11.8 Å². The molecule has 2 aromatic rings. The van der Waals surface area contributed by atoms with Gasteiger partial charge in [-0.15, -0.1) is 0 Å². The number of carbonyl (C=O) groups excluding carboxylic acids is 2.